The van der Waals surface area contributed by atoms with Gasteiger partial charge in [-0.05, 0) is 123 Å². The predicted octanol–water partition coefficient (Wildman–Crippen LogP) is 6.34. The topological polar surface area (TPSA) is 95.1 Å². The van der Waals surface area contributed by atoms with Gasteiger partial charge in [0.25, 0.3) is 5.91 Å². The standard InChI is InChI=1S/C31H39N3O3/c35-27(36)14-18-2-1-3-24(12-18)32-30(37)28-26(33-29(34-28)25-13-19-4-5-23(25)11-19)6-7-31-15-20-8-21(16-31)10-22(9-20)17-31/h1-3,12,19-23,25H,4-11,13-17H2,(H,32,37)(H,33,34)(H,35,36). The summed E-state index contributed by atoms with van der Waals surface area (Å²) in [7, 11) is 0. The molecule has 0 saturated heterocycles. The molecule has 6 saturated carbocycles. The van der Waals surface area contributed by atoms with Crippen molar-refractivity contribution in [3.63, 3.8) is 0 Å². The van der Waals surface area contributed by atoms with Gasteiger partial charge in [0.2, 0.25) is 0 Å². The minimum Gasteiger partial charge on any atom is -0.481 e. The number of amides is 1. The number of hydrogen-bond acceptors (Lipinski definition) is 3. The fraction of sp³-hybridized carbons (Fsp3) is 0.645. The lowest BCUT2D eigenvalue weighted by Crippen LogP contribution is -2.46. The van der Waals surface area contributed by atoms with Crippen molar-refractivity contribution in [1.29, 1.82) is 0 Å². The first-order valence-corrected chi connectivity index (χ1v) is 14.6. The van der Waals surface area contributed by atoms with Gasteiger partial charge < -0.3 is 15.4 Å². The van der Waals surface area contributed by atoms with Gasteiger partial charge in [0.15, 0.2) is 0 Å². The highest BCUT2D eigenvalue weighted by atomic mass is 16.4. The van der Waals surface area contributed by atoms with Crippen molar-refractivity contribution in [1.82, 2.24) is 9.97 Å². The van der Waals surface area contributed by atoms with Crippen LogP contribution in [0.2, 0.25) is 0 Å². The zero-order chi connectivity index (χ0) is 25.1. The van der Waals surface area contributed by atoms with Crippen molar-refractivity contribution in [3.8, 4) is 0 Å². The fourth-order valence-electron chi connectivity index (χ4n) is 9.66. The Hall–Kier alpha value is -2.63. The smallest absolute Gasteiger partial charge is 0.307 e. The molecule has 8 rings (SSSR count). The second-order valence-electron chi connectivity index (χ2n) is 13.4. The van der Waals surface area contributed by atoms with Crippen LogP contribution in [0.3, 0.4) is 0 Å². The molecule has 3 atom stereocenters. The number of rotatable bonds is 8. The summed E-state index contributed by atoms with van der Waals surface area (Å²) < 4.78 is 0. The van der Waals surface area contributed by atoms with Crippen LogP contribution in [0.15, 0.2) is 24.3 Å². The van der Waals surface area contributed by atoms with Crippen molar-refractivity contribution in [2.45, 2.75) is 89.4 Å². The third-order valence-electron chi connectivity index (χ3n) is 10.7. The molecule has 0 radical (unpaired) electrons. The second kappa shape index (κ2) is 8.99. The number of carboxylic acid groups (broad SMARTS) is 1. The van der Waals surface area contributed by atoms with Crippen LogP contribution < -0.4 is 5.32 Å². The first-order valence-electron chi connectivity index (χ1n) is 14.6. The van der Waals surface area contributed by atoms with Gasteiger partial charge in [0, 0.05) is 17.3 Å². The molecule has 6 aliphatic carbocycles. The van der Waals surface area contributed by atoms with Crippen LogP contribution in [0.1, 0.15) is 104 Å². The van der Waals surface area contributed by atoms with Crippen LogP contribution in [-0.2, 0) is 17.6 Å². The molecular weight excluding hydrogens is 462 g/mol. The maximum atomic E-state index is 13.6. The van der Waals surface area contributed by atoms with Crippen molar-refractivity contribution in [2.75, 3.05) is 5.32 Å². The van der Waals surface area contributed by atoms with Crippen LogP contribution in [0.25, 0.3) is 0 Å². The van der Waals surface area contributed by atoms with E-state index in [1.165, 1.54) is 64.2 Å². The van der Waals surface area contributed by atoms with Gasteiger partial charge >= 0.3 is 5.97 Å². The summed E-state index contributed by atoms with van der Waals surface area (Å²) in [6, 6.07) is 7.15. The molecule has 6 aliphatic rings. The summed E-state index contributed by atoms with van der Waals surface area (Å²) in [5, 5.41) is 12.2. The van der Waals surface area contributed by atoms with Crippen molar-refractivity contribution in [3.05, 3.63) is 47.0 Å². The molecule has 6 nitrogen and oxygen atoms in total. The lowest BCUT2D eigenvalue weighted by molar-refractivity contribution is -0.136. The molecule has 6 fully saturated rings. The molecule has 3 N–H and O–H groups in total. The van der Waals surface area contributed by atoms with Gasteiger partial charge in [0.05, 0.1) is 6.42 Å². The van der Waals surface area contributed by atoms with Crippen LogP contribution in [0.4, 0.5) is 5.69 Å². The van der Waals surface area contributed by atoms with E-state index in [1.807, 2.05) is 6.07 Å². The Labute approximate surface area is 219 Å². The number of hydrogen-bond donors (Lipinski definition) is 3. The average Bonchev–Trinajstić information content (AvgIpc) is 3.58. The summed E-state index contributed by atoms with van der Waals surface area (Å²) in [5.74, 6) is 4.74. The van der Waals surface area contributed by atoms with E-state index in [1.54, 1.807) is 18.2 Å². The van der Waals surface area contributed by atoms with Gasteiger partial charge in [-0.25, -0.2) is 4.98 Å². The number of benzene rings is 1. The number of aliphatic carboxylic acids is 1. The fourth-order valence-corrected chi connectivity index (χ4v) is 9.66. The number of aromatic amines is 1. The largest absolute Gasteiger partial charge is 0.481 e. The van der Waals surface area contributed by atoms with Crippen molar-refractivity contribution >= 4 is 17.6 Å². The first kappa shape index (κ1) is 23.5. The molecule has 1 aromatic carbocycles. The van der Waals surface area contributed by atoms with E-state index in [0.29, 0.717) is 34.2 Å². The predicted molar refractivity (Wildman–Crippen MR) is 141 cm³/mol. The zero-order valence-electron chi connectivity index (χ0n) is 21.7. The molecule has 6 heteroatoms. The van der Waals surface area contributed by atoms with Gasteiger partial charge in [-0.15, -0.1) is 0 Å². The van der Waals surface area contributed by atoms with E-state index in [9.17, 15) is 9.59 Å². The van der Waals surface area contributed by atoms with Gasteiger partial charge in [-0.2, -0.15) is 0 Å². The van der Waals surface area contributed by atoms with Crippen LogP contribution >= 0.6 is 0 Å². The molecule has 1 aromatic heterocycles. The Morgan fingerprint density at radius 3 is 2.41 bits per heavy atom. The Bertz CT molecular complexity index is 1180. The van der Waals surface area contributed by atoms with Crippen LogP contribution in [0.5, 0.6) is 0 Å². The molecule has 196 valence electrons. The molecule has 37 heavy (non-hydrogen) atoms. The average molecular weight is 502 g/mol. The third kappa shape index (κ3) is 4.51. The number of aryl methyl sites for hydroxylation is 1. The van der Waals surface area contributed by atoms with Crippen molar-refractivity contribution in [2.24, 2.45) is 35.0 Å². The molecule has 6 bridgehead atoms. The molecular formula is C31H39N3O3. The molecule has 1 heterocycles. The number of carboxylic acids is 1. The minimum atomic E-state index is -0.877. The first-order chi connectivity index (χ1) is 17.9. The maximum absolute atomic E-state index is 13.6. The van der Waals surface area contributed by atoms with E-state index >= 15 is 0 Å². The SMILES string of the molecule is O=C(O)Cc1cccc(NC(=O)c2nc(C3CC4CCC3C4)[nH]c2CCC23CC4CC(CC(C4)C2)C3)c1. The van der Waals surface area contributed by atoms with Gasteiger partial charge in [-0.1, -0.05) is 18.6 Å². The van der Waals surface area contributed by atoms with E-state index < -0.39 is 5.97 Å². The molecule has 0 aliphatic heterocycles. The normalized spacial score (nSPS) is 35.2. The van der Waals surface area contributed by atoms with E-state index in [0.717, 1.165) is 48.0 Å². The number of nitrogens with zero attached hydrogens (tertiary/aromatic N) is 1. The monoisotopic (exact) mass is 501 g/mol. The number of aromatic nitrogens is 2. The van der Waals surface area contributed by atoms with Gasteiger partial charge in [0.1, 0.15) is 11.5 Å². The number of nitrogens with one attached hydrogen (secondary N) is 2. The van der Waals surface area contributed by atoms with E-state index in [2.05, 4.69) is 10.3 Å². The highest BCUT2D eigenvalue weighted by Crippen LogP contribution is 2.61. The number of anilines is 1. The van der Waals surface area contributed by atoms with E-state index in [4.69, 9.17) is 10.1 Å². The third-order valence-corrected chi connectivity index (χ3v) is 10.7. The number of H-pyrrole nitrogens is 1. The lowest BCUT2D eigenvalue weighted by atomic mass is 9.48. The number of fused-ring (bicyclic) bond motifs is 2. The minimum absolute atomic E-state index is 0.0587. The molecule has 1 amide bonds. The maximum Gasteiger partial charge on any atom is 0.307 e. The Morgan fingerprint density at radius 1 is 1.00 bits per heavy atom. The van der Waals surface area contributed by atoms with Crippen LogP contribution in [-0.4, -0.2) is 27.0 Å². The van der Waals surface area contributed by atoms with Crippen LogP contribution in [0, 0.1) is 35.0 Å². The molecule has 3 unspecified atom stereocenters. The summed E-state index contributed by atoms with van der Waals surface area (Å²) in [6.45, 7) is 0. The summed E-state index contributed by atoms with van der Waals surface area (Å²) in [5.41, 5.74) is 3.32. The number of carbonyl (C=O) groups is 2. The second-order valence-corrected chi connectivity index (χ2v) is 13.4. The Morgan fingerprint density at radius 2 is 1.76 bits per heavy atom. The number of carbonyl (C=O) groups excluding carboxylic acids is 1. The summed E-state index contributed by atoms with van der Waals surface area (Å²) in [4.78, 5) is 33.4. The highest BCUT2D eigenvalue weighted by molar-refractivity contribution is 6.03. The van der Waals surface area contributed by atoms with E-state index in [-0.39, 0.29) is 12.3 Å². The summed E-state index contributed by atoms with van der Waals surface area (Å²) >= 11 is 0. The molecule has 2 aromatic rings. The summed E-state index contributed by atoms with van der Waals surface area (Å²) in [6.07, 6.45) is 15.6. The highest BCUT2D eigenvalue weighted by Gasteiger charge is 2.50. The number of imidazole rings is 1. The molecule has 0 spiro atoms. The Balaban J connectivity index is 1.13. The quantitative estimate of drug-likeness (QED) is 0.393. The van der Waals surface area contributed by atoms with Gasteiger partial charge in [-0.3, -0.25) is 9.59 Å². The Kier molecular flexibility index (Phi) is 5.71. The zero-order valence-corrected chi connectivity index (χ0v) is 21.7. The van der Waals surface area contributed by atoms with Crippen molar-refractivity contribution < 1.29 is 14.7 Å². The lowest BCUT2D eigenvalue weighted by Gasteiger charge is -2.57.